The van der Waals surface area contributed by atoms with Gasteiger partial charge in [0.1, 0.15) is 0 Å². The van der Waals surface area contributed by atoms with Crippen molar-refractivity contribution in [1.29, 1.82) is 0 Å². The molecule has 5 heteroatoms. The lowest BCUT2D eigenvalue weighted by Crippen LogP contribution is -2.05. The molecule has 0 aliphatic rings. The van der Waals surface area contributed by atoms with Crippen LogP contribution in [-0.4, -0.2) is 4.92 Å². The molecular formula is C13H9N2O3. The minimum Gasteiger partial charge on any atom is -0.258 e. The zero-order valence-corrected chi connectivity index (χ0v) is 9.32. The first-order valence-electron chi connectivity index (χ1n) is 5.21. The number of benzene rings is 2. The largest absolute Gasteiger partial charge is 0.269 e. The third-order valence-electron chi connectivity index (χ3n) is 2.47. The normalized spacial score (nSPS) is 10.6. The number of nitrogens with zero attached hydrogens (tertiary/aromatic N) is 2. The van der Waals surface area contributed by atoms with Crippen LogP contribution in [0.1, 0.15) is 11.1 Å². The number of rotatable bonds is 4. The van der Waals surface area contributed by atoms with Gasteiger partial charge in [-0.3, -0.25) is 10.1 Å². The zero-order chi connectivity index (χ0) is 13.0. The van der Waals surface area contributed by atoms with E-state index in [-0.39, 0.29) is 11.8 Å². The van der Waals surface area contributed by atoms with Gasteiger partial charge in [0.05, 0.1) is 4.92 Å². The summed E-state index contributed by atoms with van der Waals surface area (Å²) in [6, 6.07) is 14.8. The Balaban J connectivity index is 2.31. The summed E-state index contributed by atoms with van der Waals surface area (Å²) < 4.78 is 0. The standard InChI is InChI=1S/C13H9N2O3/c14-18-13(10-4-2-1-3-5-10)11-6-8-12(9-7-11)15(16)17/h1-9H. The lowest BCUT2D eigenvalue weighted by Gasteiger charge is -2.11. The van der Waals surface area contributed by atoms with E-state index in [1.165, 1.54) is 24.3 Å². The SMILES string of the molecule is [N]O[C](c1ccccc1)c1ccc([N+](=O)[O-])cc1. The molecule has 0 aromatic heterocycles. The summed E-state index contributed by atoms with van der Waals surface area (Å²) in [6.45, 7) is 0. The van der Waals surface area contributed by atoms with Gasteiger partial charge in [-0.1, -0.05) is 30.3 Å². The quantitative estimate of drug-likeness (QED) is 0.609. The molecule has 0 unspecified atom stereocenters. The Morgan fingerprint density at radius 1 is 1.00 bits per heavy atom. The maximum atomic E-state index is 10.5. The Bertz CT molecular complexity index is 526. The molecule has 0 saturated heterocycles. The van der Waals surface area contributed by atoms with Crippen molar-refractivity contribution in [3.8, 4) is 0 Å². The van der Waals surface area contributed by atoms with Gasteiger partial charge in [0.2, 0.25) is 0 Å². The van der Waals surface area contributed by atoms with Gasteiger partial charge < -0.3 is 0 Å². The first-order valence-corrected chi connectivity index (χ1v) is 5.21. The summed E-state index contributed by atoms with van der Waals surface area (Å²) in [5.41, 5.74) is 1.24. The van der Waals surface area contributed by atoms with Gasteiger partial charge in [-0.2, -0.15) is 0 Å². The van der Waals surface area contributed by atoms with Crippen molar-refractivity contribution in [1.82, 2.24) is 5.90 Å². The van der Waals surface area contributed by atoms with Crippen molar-refractivity contribution in [3.63, 3.8) is 0 Å². The molecule has 0 amide bonds. The third-order valence-corrected chi connectivity index (χ3v) is 2.47. The van der Waals surface area contributed by atoms with Crippen LogP contribution in [-0.2, 0) is 4.84 Å². The zero-order valence-electron chi connectivity index (χ0n) is 9.32. The molecule has 0 atom stereocenters. The average molecular weight is 241 g/mol. The summed E-state index contributed by atoms with van der Waals surface area (Å²) in [7, 11) is 0. The second-order valence-electron chi connectivity index (χ2n) is 3.59. The van der Waals surface area contributed by atoms with Gasteiger partial charge in [-0.25, -0.2) is 4.84 Å². The van der Waals surface area contributed by atoms with Crippen molar-refractivity contribution in [2.24, 2.45) is 0 Å². The molecule has 0 fully saturated rings. The van der Waals surface area contributed by atoms with E-state index in [2.05, 4.69) is 4.84 Å². The summed E-state index contributed by atoms with van der Waals surface area (Å²) in [6.07, 6.45) is 0.255. The molecule has 3 radical (unpaired) electrons. The fourth-order valence-electron chi connectivity index (χ4n) is 1.60. The van der Waals surface area contributed by atoms with Crippen LogP contribution in [0.2, 0.25) is 0 Å². The molecule has 89 valence electrons. The lowest BCUT2D eigenvalue weighted by atomic mass is 10.0. The summed E-state index contributed by atoms with van der Waals surface area (Å²) >= 11 is 0. The highest BCUT2D eigenvalue weighted by Crippen LogP contribution is 2.25. The average Bonchev–Trinajstić information content (AvgIpc) is 2.41. The Kier molecular flexibility index (Phi) is 3.66. The van der Waals surface area contributed by atoms with Crippen LogP contribution in [0.5, 0.6) is 0 Å². The highest BCUT2D eigenvalue weighted by atomic mass is 16.6. The van der Waals surface area contributed by atoms with Crippen molar-refractivity contribution in [2.45, 2.75) is 0 Å². The van der Waals surface area contributed by atoms with Crippen molar-refractivity contribution >= 4 is 5.69 Å². The molecule has 0 spiro atoms. The van der Waals surface area contributed by atoms with Gasteiger partial charge in [-0.15, -0.1) is 0 Å². The fourth-order valence-corrected chi connectivity index (χ4v) is 1.60. The second kappa shape index (κ2) is 5.39. The predicted octanol–water partition coefficient (Wildman–Crippen LogP) is 2.52. The van der Waals surface area contributed by atoms with E-state index in [1.54, 1.807) is 24.3 Å². The molecule has 2 rings (SSSR count). The van der Waals surface area contributed by atoms with Crippen molar-refractivity contribution < 1.29 is 9.76 Å². The van der Waals surface area contributed by atoms with Crippen LogP contribution < -0.4 is 5.90 Å². The molecule has 5 nitrogen and oxygen atoms in total. The molecule has 2 aromatic rings. The molecule has 0 bridgehead atoms. The third kappa shape index (κ3) is 2.53. The van der Waals surface area contributed by atoms with Crippen LogP contribution in [0.4, 0.5) is 5.69 Å². The lowest BCUT2D eigenvalue weighted by molar-refractivity contribution is -0.384. The van der Waals surface area contributed by atoms with Gasteiger partial charge in [0.25, 0.3) is 5.69 Å². The van der Waals surface area contributed by atoms with Gasteiger partial charge in [0.15, 0.2) is 6.10 Å². The van der Waals surface area contributed by atoms with Crippen LogP contribution in [0, 0.1) is 16.2 Å². The Labute approximate surface area is 104 Å². The first-order chi connectivity index (χ1) is 8.72. The monoisotopic (exact) mass is 241 g/mol. The topological polar surface area (TPSA) is 74.7 Å². The first kappa shape index (κ1) is 12.2. The smallest absolute Gasteiger partial charge is 0.258 e. The van der Waals surface area contributed by atoms with Crippen molar-refractivity contribution in [2.75, 3.05) is 0 Å². The van der Waals surface area contributed by atoms with Gasteiger partial charge in [0, 0.05) is 18.0 Å². The minimum atomic E-state index is -0.480. The number of nitro benzene ring substituents is 1. The molecule has 0 heterocycles. The molecule has 18 heavy (non-hydrogen) atoms. The van der Waals surface area contributed by atoms with E-state index in [4.69, 9.17) is 5.90 Å². The van der Waals surface area contributed by atoms with Crippen LogP contribution in [0.25, 0.3) is 0 Å². The number of hydrogen-bond acceptors (Lipinski definition) is 3. The van der Waals surface area contributed by atoms with Gasteiger partial charge >= 0.3 is 0 Å². The fraction of sp³-hybridized carbons (Fsp3) is 0. The number of nitro groups is 1. The summed E-state index contributed by atoms with van der Waals surface area (Å²) in [5.74, 6) is 8.94. The summed E-state index contributed by atoms with van der Waals surface area (Å²) in [4.78, 5) is 14.4. The molecule has 0 aliphatic heterocycles. The maximum Gasteiger partial charge on any atom is 0.269 e. The van der Waals surface area contributed by atoms with Crippen LogP contribution in [0.15, 0.2) is 54.6 Å². The second-order valence-corrected chi connectivity index (χ2v) is 3.59. The highest BCUT2D eigenvalue weighted by Gasteiger charge is 2.17. The Morgan fingerprint density at radius 2 is 1.56 bits per heavy atom. The van der Waals surface area contributed by atoms with E-state index in [1.807, 2.05) is 6.07 Å². The molecule has 0 N–H and O–H groups in total. The van der Waals surface area contributed by atoms with E-state index >= 15 is 0 Å². The predicted molar refractivity (Wildman–Crippen MR) is 64.2 cm³/mol. The van der Waals surface area contributed by atoms with E-state index in [9.17, 15) is 10.1 Å². The number of hydrogen-bond donors (Lipinski definition) is 0. The van der Waals surface area contributed by atoms with Gasteiger partial charge in [-0.05, 0) is 23.3 Å². The van der Waals surface area contributed by atoms with Crippen LogP contribution >= 0.6 is 0 Å². The Hall–Kier alpha value is -2.24. The van der Waals surface area contributed by atoms with Crippen LogP contribution in [0.3, 0.4) is 0 Å². The Morgan fingerprint density at radius 3 is 2.06 bits per heavy atom. The highest BCUT2D eigenvalue weighted by molar-refractivity contribution is 5.45. The van der Waals surface area contributed by atoms with Crippen molar-refractivity contribution in [3.05, 3.63) is 81.9 Å². The molecule has 2 aromatic carbocycles. The molecular weight excluding hydrogens is 232 g/mol. The molecule has 0 aliphatic carbocycles. The molecule has 0 saturated carbocycles. The van der Waals surface area contributed by atoms with E-state index in [0.717, 1.165) is 0 Å². The summed E-state index contributed by atoms with van der Waals surface area (Å²) in [5, 5.41) is 10.5. The van der Waals surface area contributed by atoms with E-state index in [0.29, 0.717) is 11.1 Å². The number of non-ortho nitro benzene ring substituents is 1. The maximum absolute atomic E-state index is 10.5. The minimum absolute atomic E-state index is 0.0101. The van der Waals surface area contributed by atoms with E-state index < -0.39 is 4.92 Å².